The van der Waals surface area contributed by atoms with Gasteiger partial charge in [-0.25, -0.2) is 14.7 Å². The number of carbonyl (C=O) groups is 2. The van der Waals surface area contributed by atoms with Crippen LogP contribution in [0, 0.1) is 11.7 Å². The second-order valence-electron chi connectivity index (χ2n) is 7.20. The number of nitrogens with zero attached hydrogens (tertiary/aromatic N) is 1. The molecule has 8 heteroatoms. The van der Waals surface area contributed by atoms with Gasteiger partial charge in [-0.1, -0.05) is 17.7 Å². The van der Waals surface area contributed by atoms with Gasteiger partial charge in [-0.3, -0.25) is 9.59 Å². The van der Waals surface area contributed by atoms with Crippen molar-refractivity contribution in [2.45, 2.75) is 57.9 Å². The summed E-state index contributed by atoms with van der Waals surface area (Å²) in [6, 6.07) is 3.65. The first-order valence-electron chi connectivity index (χ1n) is 9.21. The number of hydroxylamine groups is 1. The van der Waals surface area contributed by atoms with Crippen LogP contribution in [0.5, 0.6) is 0 Å². The third kappa shape index (κ3) is 4.42. The standard InChI is InChI=1S/C19H24ClFN2O4/c1-11(2)23-16(24)10-13(18(23)12-6-7-14(20)15(21)9-12)19(25)22-27-17-5-3-4-8-26-17/h6-7,9,11,13,17-18H,3-5,8,10H2,1-2H3,(H,22,25)/t13-,17-,18+/m0/s1. The second-order valence-corrected chi connectivity index (χ2v) is 7.61. The number of ether oxygens (including phenoxy) is 1. The van der Waals surface area contributed by atoms with E-state index in [1.54, 1.807) is 11.0 Å². The molecule has 2 amide bonds. The van der Waals surface area contributed by atoms with Gasteiger partial charge in [0.25, 0.3) is 0 Å². The van der Waals surface area contributed by atoms with Gasteiger partial charge in [0.2, 0.25) is 11.8 Å². The number of rotatable bonds is 5. The second kappa shape index (κ2) is 8.54. The van der Waals surface area contributed by atoms with Gasteiger partial charge in [0, 0.05) is 25.5 Å². The fourth-order valence-corrected chi connectivity index (χ4v) is 3.81. The smallest absolute Gasteiger partial charge is 0.249 e. The molecular weight excluding hydrogens is 375 g/mol. The van der Waals surface area contributed by atoms with Crippen LogP contribution in [0.2, 0.25) is 5.02 Å². The van der Waals surface area contributed by atoms with Crippen molar-refractivity contribution in [1.82, 2.24) is 10.4 Å². The Morgan fingerprint density at radius 1 is 1.41 bits per heavy atom. The predicted molar refractivity (Wildman–Crippen MR) is 97.1 cm³/mol. The molecule has 2 aliphatic heterocycles. The molecule has 3 rings (SSSR count). The van der Waals surface area contributed by atoms with Crippen molar-refractivity contribution in [1.29, 1.82) is 0 Å². The van der Waals surface area contributed by atoms with Crippen molar-refractivity contribution >= 4 is 23.4 Å². The number of hydrogen-bond donors (Lipinski definition) is 1. The summed E-state index contributed by atoms with van der Waals surface area (Å²) in [7, 11) is 0. The largest absolute Gasteiger partial charge is 0.350 e. The van der Waals surface area contributed by atoms with E-state index in [1.807, 2.05) is 13.8 Å². The molecule has 3 atom stereocenters. The molecule has 1 aromatic carbocycles. The number of nitrogens with one attached hydrogen (secondary N) is 1. The monoisotopic (exact) mass is 398 g/mol. The highest BCUT2D eigenvalue weighted by Gasteiger charge is 2.46. The van der Waals surface area contributed by atoms with Crippen molar-refractivity contribution in [2.24, 2.45) is 5.92 Å². The Morgan fingerprint density at radius 2 is 2.19 bits per heavy atom. The number of likely N-dealkylation sites (tertiary alicyclic amines) is 1. The van der Waals surface area contributed by atoms with E-state index in [4.69, 9.17) is 21.2 Å². The molecule has 2 aliphatic rings. The molecule has 0 radical (unpaired) electrons. The Hall–Kier alpha value is -1.70. The van der Waals surface area contributed by atoms with Gasteiger partial charge >= 0.3 is 0 Å². The summed E-state index contributed by atoms with van der Waals surface area (Å²) < 4.78 is 19.4. The lowest BCUT2D eigenvalue weighted by atomic mass is 9.92. The maximum Gasteiger partial charge on any atom is 0.249 e. The molecule has 2 saturated heterocycles. The highest BCUT2D eigenvalue weighted by Crippen LogP contribution is 2.40. The number of amides is 2. The molecule has 27 heavy (non-hydrogen) atoms. The van der Waals surface area contributed by atoms with E-state index >= 15 is 0 Å². The highest BCUT2D eigenvalue weighted by atomic mass is 35.5. The zero-order chi connectivity index (χ0) is 19.6. The van der Waals surface area contributed by atoms with Gasteiger partial charge in [-0.15, -0.1) is 0 Å². The Labute approximate surface area is 162 Å². The Bertz CT molecular complexity index is 709. The lowest BCUT2D eigenvalue weighted by Gasteiger charge is -2.31. The normalized spacial score (nSPS) is 25.9. The number of benzene rings is 1. The van der Waals surface area contributed by atoms with Gasteiger partial charge in [-0.05, 0) is 44.4 Å². The quantitative estimate of drug-likeness (QED) is 0.772. The van der Waals surface area contributed by atoms with Crippen molar-refractivity contribution < 1.29 is 23.6 Å². The highest BCUT2D eigenvalue weighted by molar-refractivity contribution is 6.30. The number of hydrogen-bond acceptors (Lipinski definition) is 4. The van der Waals surface area contributed by atoms with Crippen LogP contribution in [0.15, 0.2) is 18.2 Å². The fourth-order valence-electron chi connectivity index (χ4n) is 3.69. The zero-order valence-corrected chi connectivity index (χ0v) is 16.2. The summed E-state index contributed by atoms with van der Waals surface area (Å²) in [5, 5.41) is -0.00190. The van der Waals surface area contributed by atoms with E-state index in [-0.39, 0.29) is 23.4 Å². The van der Waals surface area contributed by atoms with Crippen molar-refractivity contribution in [3.05, 3.63) is 34.6 Å². The summed E-state index contributed by atoms with van der Waals surface area (Å²) in [4.78, 5) is 32.3. The minimum Gasteiger partial charge on any atom is -0.350 e. The molecule has 0 unspecified atom stereocenters. The molecule has 148 valence electrons. The Balaban J connectivity index is 1.79. The van der Waals surface area contributed by atoms with Crippen LogP contribution >= 0.6 is 11.6 Å². The minimum atomic E-state index is -0.691. The van der Waals surface area contributed by atoms with Gasteiger partial charge in [-0.2, -0.15) is 0 Å². The van der Waals surface area contributed by atoms with Crippen LogP contribution in [0.25, 0.3) is 0 Å². The maximum atomic E-state index is 14.0. The van der Waals surface area contributed by atoms with E-state index in [0.717, 1.165) is 12.8 Å². The molecule has 0 spiro atoms. The third-order valence-corrected chi connectivity index (χ3v) is 5.28. The average molecular weight is 399 g/mol. The first kappa shape index (κ1) is 20.0. The molecule has 0 aromatic heterocycles. The van der Waals surface area contributed by atoms with E-state index in [1.165, 1.54) is 12.1 Å². The van der Waals surface area contributed by atoms with E-state index in [9.17, 15) is 14.0 Å². The average Bonchev–Trinajstić information content (AvgIpc) is 3.00. The molecule has 6 nitrogen and oxygen atoms in total. The Morgan fingerprint density at radius 3 is 2.81 bits per heavy atom. The molecule has 0 bridgehead atoms. The maximum absolute atomic E-state index is 14.0. The van der Waals surface area contributed by atoms with Crippen LogP contribution in [-0.2, 0) is 19.2 Å². The summed E-state index contributed by atoms with van der Waals surface area (Å²) in [6.45, 7) is 4.32. The minimum absolute atomic E-state index is 0.00190. The molecule has 2 fully saturated rings. The number of carbonyl (C=O) groups excluding carboxylic acids is 2. The summed E-state index contributed by atoms with van der Waals surface area (Å²) in [5.41, 5.74) is 2.97. The third-order valence-electron chi connectivity index (χ3n) is 4.97. The van der Waals surface area contributed by atoms with Crippen LogP contribution in [0.1, 0.15) is 51.1 Å². The molecular formula is C19H24ClFN2O4. The van der Waals surface area contributed by atoms with Crippen molar-refractivity contribution in [3.63, 3.8) is 0 Å². The van der Waals surface area contributed by atoms with Gasteiger partial charge in [0.1, 0.15) is 5.82 Å². The van der Waals surface area contributed by atoms with Gasteiger partial charge in [0.05, 0.1) is 17.0 Å². The van der Waals surface area contributed by atoms with Gasteiger partial charge < -0.3 is 9.64 Å². The molecule has 2 heterocycles. The zero-order valence-electron chi connectivity index (χ0n) is 15.4. The van der Waals surface area contributed by atoms with Crippen LogP contribution in [-0.4, -0.2) is 35.7 Å². The van der Waals surface area contributed by atoms with Gasteiger partial charge in [0.15, 0.2) is 6.29 Å². The topological polar surface area (TPSA) is 67.9 Å². The summed E-state index contributed by atoms with van der Waals surface area (Å²) in [6.07, 6.45) is 2.20. The molecule has 0 aliphatic carbocycles. The number of halogens is 2. The Kier molecular flexibility index (Phi) is 6.34. The fraction of sp³-hybridized carbons (Fsp3) is 0.579. The van der Waals surface area contributed by atoms with E-state index in [0.29, 0.717) is 18.6 Å². The van der Waals surface area contributed by atoms with Crippen LogP contribution < -0.4 is 5.48 Å². The summed E-state index contributed by atoms with van der Waals surface area (Å²) >= 11 is 5.78. The van der Waals surface area contributed by atoms with Crippen molar-refractivity contribution in [2.75, 3.05) is 6.61 Å². The van der Waals surface area contributed by atoms with Crippen LogP contribution in [0.4, 0.5) is 4.39 Å². The van der Waals surface area contributed by atoms with E-state index in [2.05, 4.69) is 5.48 Å². The lowest BCUT2D eigenvalue weighted by Crippen LogP contribution is -2.40. The summed E-state index contributed by atoms with van der Waals surface area (Å²) in [5.74, 6) is -1.84. The molecule has 1 aromatic rings. The van der Waals surface area contributed by atoms with Crippen molar-refractivity contribution in [3.8, 4) is 0 Å². The first-order chi connectivity index (χ1) is 12.9. The molecule has 1 N–H and O–H groups in total. The van der Waals surface area contributed by atoms with Crippen LogP contribution in [0.3, 0.4) is 0 Å². The predicted octanol–water partition coefficient (Wildman–Crippen LogP) is 3.35. The first-order valence-corrected chi connectivity index (χ1v) is 9.59. The SMILES string of the molecule is CC(C)N1C(=O)C[C@H](C(=O)NO[C@H]2CCCCO2)[C@H]1c1ccc(Cl)c(F)c1. The molecule has 0 saturated carbocycles. The van der Waals surface area contributed by atoms with E-state index < -0.39 is 30.0 Å². The lowest BCUT2D eigenvalue weighted by molar-refractivity contribution is -0.202.